The highest BCUT2D eigenvalue weighted by Gasteiger charge is 2.15. The van der Waals surface area contributed by atoms with Crippen LogP contribution in [0.1, 0.15) is 43.6 Å². The van der Waals surface area contributed by atoms with Crippen LogP contribution in [0.4, 0.5) is 5.13 Å². The summed E-state index contributed by atoms with van der Waals surface area (Å²) in [5, 5.41) is 5.16. The minimum absolute atomic E-state index is 0.0739. The molecule has 0 bridgehead atoms. The van der Waals surface area contributed by atoms with Crippen molar-refractivity contribution >= 4 is 28.2 Å². The highest BCUT2D eigenvalue weighted by atomic mass is 32.1. The van der Waals surface area contributed by atoms with Crippen molar-refractivity contribution < 1.29 is 19.1 Å². The zero-order chi connectivity index (χ0) is 22.6. The van der Waals surface area contributed by atoms with Gasteiger partial charge in [-0.2, -0.15) is 0 Å². The van der Waals surface area contributed by atoms with E-state index in [0.29, 0.717) is 22.2 Å². The van der Waals surface area contributed by atoms with E-state index in [2.05, 4.69) is 43.2 Å². The Morgan fingerprint density at radius 1 is 1.06 bits per heavy atom. The van der Waals surface area contributed by atoms with Gasteiger partial charge in [0, 0.05) is 16.5 Å². The molecular weight excluding hydrogens is 412 g/mol. The first-order chi connectivity index (χ1) is 14.7. The van der Waals surface area contributed by atoms with E-state index in [9.17, 15) is 9.59 Å². The van der Waals surface area contributed by atoms with Gasteiger partial charge in [-0.25, -0.2) is 4.98 Å². The second kappa shape index (κ2) is 9.31. The molecule has 0 fully saturated rings. The number of rotatable bonds is 7. The van der Waals surface area contributed by atoms with Crippen LogP contribution in [-0.4, -0.2) is 30.4 Å². The van der Waals surface area contributed by atoms with Gasteiger partial charge < -0.3 is 9.47 Å². The minimum Gasteiger partial charge on any atom is -0.493 e. The molecule has 1 N–H and O–H groups in total. The van der Waals surface area contributed by atoms with Crippen molar-refractivity contribution in [3.05, 3.63) is 59.0 Å². The monoisotopic (exact) mass is 438 g/mol. The summed E-state index contributed by atoms with van der Waals surface area (Å²) < 4.78 is 10.8. The Bertz CT molecular complexity index is 1080. The number of amides is 1. The molecule has 1 heterocycles. The number of nitrogens with one attached hydrogen (secondary N) is 1. The summed E-state index contributed by atoms with van der Waals surface area (Å²) in [6.07, 6.45) is 0. The standard InChI is InChI=1S/C24H26N2O4S/c1-15(27)17-8-11-20(21(12-17)29-5)30-13-22(28)26-23-25-19(14-31-23)16-6-9-18(10-7-16)24(2,3)4/h6-12,14H,13H2,1-5H3,(H,25,26,28). The van der Waals surface area contributed by atoms with Gasteiger partial charge in [0.25, 0.3) is 5.91 Å². The number of carbonyl (C=O) groups excluding carboxylic acids is 2. The van der Waals surface area contributed by atoms with Crippen LogP contribution in [0, 0.1) is 0 Å². The lowest BCUT2D eigenvalue weighted by Crippen LogP contribution is -2.20. The fraction of sp³-hybridized carbons (Fsp3) is 0.292. The van der Waals surface area contributed by atoms with Crippen LogP contribution >= 0.6 is 11.3 Å². The largest absolute Gasteiger partial charge is 0.493 e. The predicted molar refractivity (Wildman–Crippen MR) is 123 cm³/mol. The van der Waals surface area contributed by atoms with Crippen molar-refractivity contribution in [2.24, 2.45) is 0 Å². The second-order valence-electron chi connectivity index (χ2n) is 8.12. The average Bonchev–Trinajstić information content (AvgIpc) is 3.19. The molecule has 2 aromatic carbocycles. The van der Waals surface area contributed by atoms with Gasteiger partial charge in [0.2, 0.25) is 0 Å². The molecule has 0 unspecified atom stereocenters. The van der Waals surface area contributed by atoms with Crippen LogP contribution in [-0.2, 0) is 10.2 Å². The maximum atomic E-state index is 12.3. The smallest absolute Gasteiger partial charge is 0.264 e. The number of Topliss-reactive ketones (excluding diaryl/α,β-unsaturated/α-hetero) is 1. The molecule has 0 aliphatic rings. The third kappa shape index (κ3) is 5.70. The highest BCUT2D eigenvalue weighted by Crippen LogP contribution is 2.30. The van der Waals surface area contributed by atoms with Gasteiger partial charge >= 0.3 is 0 Å². The molecule has 1 amide bonds. The fourth-order valence-corrected chi connectivity index (χ4v) is 3.65. The van der Waals surface area contributed by atoms with Crippen molar-refractivity contribution in [3.8, 4) is 22.8 Å². The van der Waals surface area contributed by atoms with Gasteiger partial charge in [0.05, 0.1) is 12.8 Å². The van der Waals surface area contributed by atoms with Crippen molar-refractivity contribution in [3.63, 3.8) is 0 Å². The molecule has 0 saturated carbocycles. The van der Waals surface area contributed by atoms with Crippen LogP contribution in [0.25, 0.3) is 11.3 Å². The summed E-state index contributed by atoms with van der Waals surface area (Å²) in [5.74, 6) is 0.383. The molecule has 0 atom stereocenters. The number of benzene rings is 2. The summed E-state index contributed by atoms with van der Waals surface area (Å²) in [5.41, 5.74) is 3.66. The van der Waals surface area contributed by atoms with Gasteiger partial charge in [-0.15, -0.1) is 11.3 Å². The molecular formula is C24H26N2O4S. The van der Waals surface area contributed by atoms with Crippen LogP contribution in [0.3, 0.4) is 0 Å². The fourth-order valence-electron chi connectivity index (χ4n) is 2.91. The molecule has 3 rings (SSSR count). The Morgan fingerprint density at radius 2 is 1.77 bits per heavy atom. The van der Waals surface area contributed by atoms with E-state index in [-0.39, 0.29) is 23.7 Å². The quantitative estimate of drug-likeness (QED) is 0.504. The lowest BCUT2D eigenvalue weighted by molar-refractivity contribution is -0.118. The number of methoxy groups -OCH3 is 1. The van der Waals surface area contributed by atoms with Crippen molar-refractivity contribution in [1.29, 1.82) is 0 Å². The van der Waals surface area contributed by atoms with E-state index < -0.39 is 0 Å². The molecule has 0 saturated heterocycles. The maximum absolute atomic E-state index is 12.3. The molecule has 162 valence electrons. The first-order valence-electron chi connectivity index (χ1n) is 9.85. The van der Waals surface area contributed by atoms with Crippen molar-refractivity contribution in [1.82, 2.24) is 4.98 Å². The molecule has 0 aliphatic heterocycles. The number of nitrogens with zero attached hydrogens (tertiary/aromatic N) is 1. The van der Waals surface area contributed by atoms with Crippen molar-refractivity contribution in [2.45, 2.75) is 33.1 Å². The Morgan fingerprint density at radius 3 is 2.39 bits per heavy atom. The summed E-state index contributed by atoms with van der Waals surface area (Å²) in [6.45, 7) is 7.80. The molecule has 3 aromatic rings. The van der Waals surface area contributed by atoms with E-state index in [1.54, 1.807) is 18.2 Å². The summed E-state index contributed by atoms with van der Waals surface area (Å²) >= 11 is 1.36. The number of hydrogen-bond acceptors (Lipinski definition) is 6. The van der Waals surface area contributed by atoms with Gasteiger partial charge in [0.15, 0.2) is 29.0 Å². The second-order valence-corrected chi connectivity index (χ2v) is 8.98. The number of aromatic nitrogens is 1. The molecule has 7 heteroatoms. The van der Waals surface area contributed by atoms with Crippen LogP contribution in [0.2, 0.25) is 0 Å². The Balaban J connectivity index is 1.61. The lowest BCUT2D eigenvalue weighted by atomic mass is 9.86. The molecule has 0 radical (unpaired) electrons. The van der Waals surface area contributed by atoms with Gasteiger partial charge in [0.1, 0.15) is 0 Å². The predicted octanol–water partition coefficient (Wildman–Crippen LogP) is 5.34. The first kappa shape index (κ1) is 22.5. The number of ether oxygens (including phenoxy) is 2. The Hall–Kier alpha value is -3.19. The van der Waals surface area contributed by atoms with E-state index in [1.807, 2.05) is 17.5 Å². The highest BCUT2D eigenvalue weighted by molar-refractivity contribution is 7.14. The normalized spacial score (nSPS) is 11.1. The Labute approximate surface area is 186 Å². The maximum Gasteiger partial charge on any atom is 0.264 e. The molecule has 1 aromatic heterocycles. The van der Waals surface area contributed by atoms with Gasteiger partial charge in [-0.05, 0) is 36.1 Å². The topological polar surface area (TPSA) is 77.5 Å². The first-order valence-corrected chi connectivity index (χ1v) is 10.7. The number of carbonyl (C=O) groups is 2. The molecule has 0 aliphatic carbocycles. The van der Waals surface area contributed by atoms with Crippen molar-refractivity contribution in [2.75, 3.05) is 19.0 Å². The van der Waals surface area contributed by atoms with E-state index in [4.69, 9.17) is 9.47 Å². The van der Waals surface area contributed by atoms with Crippen LogP contribution in [0.5, 0.6) is 11.5 Å². The molecule has 0 spiro atoms. The summed E-state index contributed by atoms with van der Waals surface area (Å²) in [4.78, 5) is 28.3. The van der Waals surface area contributed by atoms with E-state index in [0.717, 1.165) is 11.3 Å². The Kier molecular flexibility index (Phi) is 6.75. The lowest BCUT2D eigenvalue weighted by Gasteiger charge is -2.18. The zero-order valence-electron chi connectivity index (χ0n) is 18.3. The number of ketones is 1. The minimum atomic E-state index is -0.332. The zero-order valence-corrected chi connectivity index (χ0v) is 19.1. The SMILES string of the molecule is COc1cc(C(C)=O)ccc1OCC(=O)Nc1nc(-c2ccc(C(C)(C)C)cc2)cs1. The number of anilines is 1. The van der Waals surface area contributed by atoms with Crippen LogP contribution < -0.4 is 14.8 Å². The number of hydrogen-bond donors (Lipinski definition) is 1. The summed E-state index contributed by atoms with van der Waals surface area (Å²) in [6, 6.07) is 13.1. The molecule has 31 heavy (non-hydrogen) atoms. The van der Waals surface area contributed by atoms with Gasteiger partial charge in [-0.3, -0.25) is 14.9 Å². The third-order valence-corrected chi connectivity index (χ3v) is 5.48. The number of thiazole rings is 1. The molecule has 6 nitrogen and oxygen atoms in total. The third-order valence-electron chi connectivity index (χ3n) is 4.73. The van der Waals surface area contributed by atoms with E-state index in [1.165, 1.54) is 30.9 Å². The summed E-state index contributed by atoms with van der Waals surface area (Å²) in [7, 11) is 1.48. The van der Waals surface area contributed by atoms with Gasteiger partial charge in [-0.1, -0.05) is 45.0 Å². The van der Waals surface area contributed by atoms with E-state index >= 15 is 0 Å². The average molecular weight is 439 g/mol. The van der Waals surface area contributed by atoms with Crippen LogP contribution in [0.15, 0.2) is 47.8 Å².